The molecule has 0 atom stereocenters. The highest BCUT2D eigenvalue weighted by Crippen LogP contribution is 2.18. The standard InChI is InChI=1S/C9H11N3O.2ClH/c10-3-4-12-9-5-8(13)2-1-7(9)6-11-12;;/h1-2,5-6,13H,3-4,10H2;2*1H. The van der Waals surface area contributed by atoms with Gasteiger partial charge in [0.25, 0.3) is 0 Å². The minimum Gasteiger partial charge on any atom is -0.508 e. The van der Waals surface area contributed by atoms with Crippen molar-refractivity contribution < 1.29 is 5.11 Å². The maximum Gasteiger partial charge on any atom is 0.117 e. The van der Waals surface area contributed by atoms with Gasteiger partial charge in [0.2, 0.25) is 0 Å². The number of phenolic OH excluding ortho intramolecular Hbond substituents is 1. The Morgan fingerprint density at radius 3 is 2.73 bits per heavy atom. The first-order valence-corrected chi connectivity index (χ1v) is 4.16. The zero-order valence-electron chi connectivity index (χ0n) is 7.96. The quantitative estimate of drug-likeness (QED) is 0.849. The monoisotopic (exact) mass is 249 g/mol. The van der Waals surface area contributed by atoms with E-state index in [0.29, 0.717) is 13.1 Å². The Morgan fingerprint density at radius 2 is 2.07 bits per heavy atom. The second kappa shape index (κ2) is 5.80. The Balaban J connectivity index is 0.000000980. The van der Waals surface area contributed by atoms with Crippen LogP contribution in [0.15, 0.2) is 24.4 Å². The third-order valence-electron chi connectivity index (χ3n) is 1.97. The summed E-state index contributed by atoms with van der Waals surface area (Å²) >= 11 is 0. The SMILES string of the molecule is Cl.Cl.NCCn1ncc2ccc(O)cc21. The zero-order chi connectivity index (χ0) is 9.26. The molecule has 0 radical (unpaired) electrons. The van der Waals surface area contributed by atoms with Gasteiger partial charge < -0.3 is 10.8 Å². The van der Waals surface area contributed by atoms with Crippen molar-refractivity contribution in [2.75, 3.05) is 6.54 Å². The van der Waals surface area contributed by atoms with E-state index in [4.69, 9.17) is 5.73 Å². The van der Waals surface area contributed by atoms with Crippen LogP contribution in [0.2, 0.25) is 0 Å². The normalized spacial score (nSPS) is 9.40. The average Bonchev–Trinajstić information content (AvgIpc) is 2.49. The van der Waals surface area contributed by atoms with E-state index in [0.717, 1.165) is 10.9 Å². The number of nitrogens with zero attached hydrogens (tertiary/aromatic N) is 2. The fourth-order valence-electron chi connectivity index (χ4n) is 1.36. The fourth-order valence-corrected chi connectivity index (χ4v) is 1.36. The lowest BCUT2D eigenvalue weighted by Gasteiger charge is -2.00. The number of aromatic nitrogens is 2. The summed E-state index contributed by atoms with van der Waals surface area (Å²) in [5, 5.41) is 14.4. The number of halogens is 2. The van der Waals surface area contributed by atoms with Gasteiger partial charge in [-0.05, 0) is 12.1 Å². The Labute approximate surface area is 99.9 Å². The number of phenols is 1. The lowest BCUT2D eigenvalue weighted by Crippen LogP contribution is -2.10. The van der Waals surface area contributed by atoms with Gasteiger partial charge >= 0.3 is 0 Å². The number of hydrogen-bond acceptors (Lipinski definition) is 3. The van der Waals surface area contributed by atoms with Crippen molar-refractivity contribution in [2.45, 2.75) is 6.54 Å². The maximum absolute atomic E-state index is 9.27. The van der Waals surface area contributed by atoms with Gasteiger partial charge in [-0.25, -0.2) is 0 Å². The Hall–Kier alpha value is -0.970. The smallest absolute Gasteiger partial charge is 0.117 e. The molecular formula is C9H13Cl2N3O. The second-order valence-corrected chi connectivity index (χ2v) is 2.90. The van der Waals surface area contributed by atoms with Crippen molar-refractivity contribution in [1.82, 2.24) is 9.78 Å². The van der Waals surface area contributed by atoms with Gasteiger partial charge in [0.1, 0.15) is 5.75 Å². The van der Waals surface area contributed by atoms with Crippen LogP contribution in [0.25, 0.3) is 10.9 Å². The molecule has 0 fully saturated rings. The molecule has 84 valence electrons. The van der Waals surface area contributed by atoms with Crippen molar-refractivity contribution in [3.05, 3.63) is 24.4 Å². The molecule has 3 N–H and O–H groups in total. The van der Waals surface area contributed by atoms with Crippen LogP contribution in [-0.4, -0.2) is 21.4 Å². The lowest BCUT2D eigenvalue weighted by atomic mass is 10.2. The molecule has 1 aromatic heterocycles. The van der Waals surface area contributed by atoms with Crippen LogP contribution in [0.4, 0.5) is 0 Å². The highest BCUT2D eigenvalue weighted by atomic mass is 35.5. The number of benzene rings is 1. The van der Waals surface area contributed by atoms with E-state index < -0.39 is 0 Å². The minimum atomic E-state index is 0. The molecule has 15 heavy (non-hydrogen) atoms. The Morgan fingerprint density at radius 1 is 1.33 bits per heavy atom. The van der Waals surface area contributed by atoms with E-state index in [1.807, 2.05) is 6.07 Å². The van der Waals surface area contributed by atoms with Crippen molar-refractivity contribution in [1.29, 1.82) is 0 Å². The number of nitrogens with two attached hydrogens (primary N) is 1. The first-order valence-electron chi connectivity index (χ1n) is 4.16. The van der Waals surface area contributed by atoms with Gasteiger partial charge in [0, 0.05) is 18.0 Å². The molecule has 0 amide bonds. The molecule has 0 aliphatic rings. The van der Waals surface area contributed by atoms with E-state index in [9.17, 15) is 5.11 Å². The Bertz CT molecular complexity index is 430. The van der Waals surface area contributed by atoms with Gasteiger partial charge in [-0.15, -0.1) is 24.8 Å². The second-order valence-electron chi connectivity index (χ2n) is 2.90. The molecule has 1 heterocycles. The van der Waals surface area contributed by atoms with Crippen molar-refractivity contribution >= 4 is 35.7 Å². The van der Waals surface area contributed by atoms with Gasteiger partial charge in [-0.1, -0.05) is 0 Å². The van der Waals surface area contributed by atoms with Gasteiger partial charge in [-0.3, -0.25) is 4.68 Å². The van der Waals surface area contributed by atoms with E-state index in [1.54, 1.807) is 23.0 Å². The molecule has 1 aromatic carbocycles. The van der Waals surface area contributed by atoms with Crippen LogP contribution in [-0.2, 0) is 6.54 Å². The molecule has 0 saturated heterocycles. The summed E-state index contributed by atoms with van der Waals surface area (Å²) < 4.78 is 1.79. The van der Waals surface area contributed by atoms with E-state index in [-0.39, 0.29) is 30.6 Å². The van der Waals surface area contributed by atoms with E-state index in [2.05, 4.69) is 5.10 Å². The molecule has 0 unspecified atom stereocenters. The summed E-state index contributed by atoms with van der Waals surface area (Å²) in [7, 11) is 0. The number of aromatic hydroxyl groups is 1. The summed E-state index contributed by atoms with van der Waals surface area (Å²) in [6.45, 7) is 1.22. The summed E-state index contributed by atoms with van der Waals surface area (Å²) in [6, 6.07) is 5.18. The molecule has 0 spiro atoms. The van der Waals surface area contributed by atoms with Gasteiger partial charge in [0.05, 0.1) is 18.3 Å². The molecule has 2 rings (SSSR count). The van der Waals surface area contributed by atoms with Crippen molar-refractivity contribution in [2.24, 2.45) is 5.73 Å². The third kappa shape index (κ3) is 2.75. The van der Waals surface area contributed by atoms with Crippen LogP contribution in [0, 0.1) is 0 Å². The summed E-state index contributed by atoms with van der Waals surface area (Å²) in [5.74, 6) is 0.256. The molecule has 4 nitrogen and oxygen atoms in total. The fraction of sp³-hybridized carbons (Fsp3) is 0.222. The Kier molecular flexibility index (Phi) is 5.43. The zero-order valence-corrected chi connectivity index (χ0v) is 9.59. The molecule has 6 heteroatoms. The minimum absolute atomic E-state index is 0. The van der Waals surface area contributed by atoms with Crippen LogP contribution in [0.3, 0.4) is 0 Å². The predicted octanol–water partition coefficient (Wildman–Crippen LogP) is 1.54. The highest BCUT2D eigenvalue weighted by molar-refractivity contribution is 5.85. The summed E-state index contributed by atoms with van der Waals surface area (Å²) in [5.41, 5.74) is 6.35. The number of hydrogen-bond donors (Lipinski definition) is 2. The molecule has 2 aromatic rings. The van der Waals surface area contributed by atoms with Gasteiger partial charge in [-0.2, -0.15) is 5.10 Å². The topological polar surface area (TPSA) is 64.1 Å². The van der Waals surface area contributed by atoms with Crippen molar-refractivity contribution in [3.63, 3.8) is 0 Å². The molecular weight excluding hydrogens is 237 g/mol. The predicted molar refractivity (Wildman–Crippen MR) is 64.9 cm³/mol. The number of rotatable bonds is 2. The van der Waals surface area contributed by atoms with Crippen molar-refractivity contribution in [3.8, 4) is 5.75 Å². The lowest BCUT2D eigenvalue weighted by molar-refractivity contribution is 0.475. The summed E-state index contributed by atoms with van der Waals surface area (Å²) in [6.07, 6.45) is 1.77. The van der Waals surface area contributed by atoms with Crippen LogP contribution >= 0.6 is 24.8 Å². The van der Waals surface area contributed by atoms with E-state index in [1.165, 1.54) is 0 Å². The van der Waals surface area contributed by atoms with Gasteiger partial charge in [0.15, 0.2) is 0 Å². The first kappa shape index (κ1) is 14.0. The molecule has 0 aliphatic heterocycles. The molecule has 0 aliphatic carbocycles. The van der Waals surface area contributed by atoms with E-state index >= 15 is 0 Å². The van der Waals surface area contributed by atoms with Crippen LogP contribution in [0.1, 0.15) is 0 Å². The first-order chi connectivity index (χ1) is 6.31. The molecule has 0 bridgehead atoms. The van der Waals surface area contributed by atoms with Crippen LogP contribution in [0.5, 0.6) is 5.75 Å². The molecule has 0 saturated carbocycles. The third-order valence-corrected chi connectivity index (χ3v) is 1.97. The van der Waals surface area contributed by atoms with Crippen LogP contribution < -0.4 is 5.73 Å². The maximum atomic E-state index is 9.27. The number of fused-ring (bicyclic) bond motifs is 1. The highest BCUT2D eigenvalue weighted by Gasteiger charge is 2.01. The largest absolute Gasteiger partial charge is 0.508 e. The average molecular weight is 250 g/mol. The summed E-state index contributed by atoms with van der Waals surface area (Å²) in [4.78, 5) is 0.